The third-order valence-corrected chi connectivity index (χ3v) is 5.48. The number of fused-ring (bicyclic) bond motifs is 1. The van der Waals surface area contributed by atoms with E-state index in [1.165, 1.54) is 41.7 Å². The Morgan fingerprint density at radius 2 is 2.10 bits per heavy atom. The fourth-order valence-electron chi connectivity index (χ4n) is 2.83. The van der Waals surface area contributed by atoms with E-state index in [9.17, 15) is 0 Å². The second kappa shape index (κ2) is 6.27. The fraction of sp³-hybridized carbons (Fsp3) is 0.375. The first-order valence-corrected chi connectivity index (χ1v) is 8.28. The van der Waals surface area contributed by atoms with Crippen molar-refractivity contribution in [2.24, 2.45) is 5.84 Å². The normalized spacial score (nSPS) is 15.9. The number of hydrogen-bond acceptors (Lipinski definition) is 3. The third kappa shape index (κ3) is 3.07. The first-order valence-electron chi connectivity index (χ1n) is 7.08. The summed E-state index contributed by atoms with van der Waals surface area (Å²) in [4.78, 5) is 2.90. The summed E-state index contributed by atoms with van der Waals surface area (Å²) in [7, 11) is 0. The largest absolute Gasteiger partial charge is 0.271 e. The molecule has 2 nitrogen and oxygen atoms in total. The molecule has 0 radical (unpaired) electrons. The topological polar surface area (TPSA) is 38.0 Å². The predicted octanol–water partition coefficient (Wildman–Crippen LogP) is 4.03. The van der Waals surface area contributed by atoms with Gasteiger partial charge in [0.05, 0.1) is 6.04 Å². The van der Waals surface area contributed by atoms with Crippen LogP contribution in [0.15, 0.2) is 30.3 Å². The minimum atomic E-state index is 0.170. The van der Waals surface area contributed by atoms with Crippen LogP contribution in [0.4, 0.5) is 0 Å². The zero-order valence-electron chi connectivity index (χ0n) is 11.4. The highest BCUT2D eigenvalue weighted by atomic mass is 35.5. The molecule has 3 rings (SSSR count). The van der Waals surface area contributed by atoms with E-state index in [1.54, 1.807) is 4.88 Å². The number of thiophene rings is 1. The molecule has 1 atom stereocenters. The van der Waals surface area contributed by atoms with Gasteiger partial charge in [-0.2, -0.15) is 0 Å². The Hall–Kier alpha value is -0.870. The number of benzene rings is 1. The molecule has 1 aromatic carbocycles. The number of hydrazine groups is 1. The van der Waals surface area contributed by atoms with Gasteiger partial charge in [-0.1, -0.05) is 23.7 Å². The van der Waals surface area contributed by atoms with Gasteiger partial charge in [-0.05, 0) is 61.4 Å². The van der Waals surface area contributed by atoms with E-state index < -0.39 is 0 Å². The Labute approximate surface area is 128 Å². The van der Waals surface area contributed by atoms with Gasteiger partial charge in [0.25, 0.3) is 0 Å². The molecule has 0 bridgehead atoms. The van der Waals surface area contributed by atoms with Gasteiger partial charge in [0.1, 0.15) is 0 Å². The van der Waals surface area contributed by atoms with E-state index >= 15 is 0 Å². The first kappa shape index (κ1) is 14.1. The van der Waals surface area contributed by atoms with Crippen molar-refractivity contribution in [2.45, 2.75) is 38.1 Å². The Morgan fingerprint density at radius 3 is 2.85 bits per heavy atom. The molecule has 1 aromatic heterocycles. The number of halogens is 1. The second-order valence-corrected chi connectivity index (χ2v) is 6.96. The zero-order valence-corrected chi connectivity index (χ0v) is 12.9. The molecule has 1 aliphatic rings. The summed E-state index contributed by atoms with van der Waals surface area (Å²) < 4.78 is 0. The predicted molar refractivity (Wildman–Crippen MR) is 86.2 cm³/mol. The number of nitrogens with two attached hydrogens (primary N) is 1. The molecule has 0 fully saturated rings. The van der Waals surface area contributed by atoms with Crippen LogP contribution in [-0.2, 0) is 19.3 Å². The highest BCUT2D eigenvalue weighted by molar-refractivity contribution is 7.12. The van der Waals surface area contributed by atoms with Crippen LogP contribution in [0.3, 0.4) is 0 Å². The lowest BCUT2D eigenvalue weighted by molar-refractivity contribution is 0.560. The van der Waals surface area contributed by atoms with Gasteiger partial charge in [0, 0.05) is 14.8 Å². The average molecular weight is 307 g/mol. The lowest BCUT2D eigenvalue weighted by atomic mass is 9.98. The summed E-state index contributed by atoms with van der Waals surface area (Å²) in [6, 6.07) is 10.5. The summed E-state index contributed by atoms with van der Waals surface area (Å²) in [5, 5.41) is 0.781. The van der Waals surface area contributed by atoms with Gasteiger partial charge >= 0.3 is 0 Å². The van der Waals surface area contributed by atoms with Crippen molar-refractivity contribution in [3.8, 4) is 0 Å². The number of hydrogen-bond donors (Lipinski definition) is 2. The average Bonchev–Trinajstić information content (AvgIpc) is 2.88. The summed E-state index contributed by atoms with van der Waals surface area (Å²) in [5.74, 6) is 5.77. The van der Waals surface area contributed by atoms with Crippen molar-refractivity contribution >= 4 is 22.9 Å². The van der Waals surface area contributed by atoms with E-state index in [0.29, 0.717) is 0 Å². The molecule has 0 saturated carbocycles. The molecule has 4 heteroatoms. The molecule has 0 saturated heterocycles. The first-order chi connectivity index (χ1) is 9.76. The van der Waals surface area contributed by atoms with Gasteiger partial charge in [-0.25, -0.2) is 0 Å². The highest BCUT2D eigenvalue weighted by Crippen LogP contribution is 2.34. The Balaban J connectivity index is 1.81. The molecule has 1 unspecified atom stereocenters. The monoisotopic (exact) mass is 306 g/mol. The van der Waals surface area contributed by atoms with E-state index in [0.717, 1.165) is 11.4 Å². The molecule has 20 heavy (non-hydrogen) atoms. The molecular formula is C16H19ClN2S. The third-order valence-electron chi connectivity index (χ3n) is 3.89. The lowest BCUT2D eigenvalue weighted by Crippen LogP contribution is -2.28. The fourth-order valence-corrected chi connectivity index (χ4v) is 4.36. The van der Waals surface area contributed by atoms with Crippen LogP contribution in [0, 0.1) is 0 Å². The summed E-state index contributed by atoms with van der Waals surface area (Å²) in [6.07, 6.45) is 5.96. The quantitative estimate of drug-likeness (QED) is 0.661. The van der Waals surface area contributed by atoms with Crippen molar-refractivity contribution in [2.75, 3.05) is 0 Å². The molecule has 0 amide bonds. The zero-order chi connectivity index (χ0) is 13.9. The minimum absolute atomic E-state index is 0.170. The molecule has 2 aromatic rings. The minimum Gasteiger partial charge on any atom is -0.271 e. The van der Waals surface area contributed by atoms with Crippen molar-refractivity contribution in [1.29, 1.82) is 0 Å². The lowest BCUT2D eigenvalue weighted by Gasteiger charge is -2.14. The van der Waals surface area contributed by atoms with Crippen molar-refractivity contribution in [3.05, 3.63) is 56.2 Å². The summed E-state index contributed by atoms with van der Waals surface area (Å²) >= 11 is 7.97. The molecular weight excluding hydrogens is 288 g/mol. The Morgan fingerprint density at radius 1 is 1.25 bits per heavy atom. The van der Waals surface area contributed by atoms with Crippen molar-refractivity contribution in [3.63, 3.8) is 0 Å². The van der Waals surface area contributed by atoms with Crippen LogP contribution < -0.4 is 11.3 Å². The van der Waals surface area contributed by atoms with Crippen LogP contribution in [-0.4, -0.2) is 0 Å². The molecule has 3 N–H and O–H groups in total. The number of nitrogens with one attached hydrogen (secondary N) is 1. The summed E-state index contributed by atoms with van der Waals surface area (Å²) in [6.45, 7) is 0. The number of aryl methyl sites for hydroxylation is 2. The maximum Gasteiger partial charge on any atom is 0.0593 e. The molecule has 1 heterocycles. The SMILES string of the molecule is NNC(Cc1cccc(Cl)c1)c1cc2c(s1)CCCC2. The standard InChI is InChI=1S/C16H19ClN2S/c17-13-6-3-4-11(8-13)9-14(19-18)16-10-12-5-1-2-7-15(12)20-16/h3-4,6,8,10,14,19H,1-2,5,7,9,18H2. The van der Waals surface area contributed by atoms with E-state index in [2.05, 4.69) is 17.6 Å². The van der Waals surface area contributed by atoms with Crippen molar-refractivity contribution < 1.29 is 0 Å². The van der Waals surface area contributed by atoms with E-state index in [-0.39, 0.29) is 6.04 Å². The van der Waals surface area contributed by atoms with Crippen molar-refractivity contribution in [1.82, 2.24) is 5.43 Å². The maximum atomic E-state index is 6.05. The molecule has 106 valence electrons. The highest BCUT2D eigenvalue weighted by Gasteiger charge is 2.18. The van der Waals surface area contributed by atoms with Crippen LogP contribution >= 0.6 is 22.9 Å². The van der Waals surface area contributed by atoms with Crippen LogP contribution in [0.5, 0.6) is 0 Å². The van der Waals surface area contributed by atoms with Gasteiger partial charge in [-0.15, -0.1) is 11.3 Å². The molecule has 1 aliphatic carbocycles. The molecule has 0 aliphatic heterocycles. The van der Waals surface area contributed by atoms with Gasteiger partial charge < -0.3 is 0 Å². The van der Waals surface area contributed by atoms with Crippen LogP contribution in [0.1, 0.15) is 39.8 Å². The van der Waals surface area contributed by atoms with Gasteiger partial charge in [-0.3, -0.25) is 11.3 Å². The van der Waals surface area contributed by atoms with E-state index in [4.69, 9.17) is 17.4 Å². The number of rotatable bonds is 4. The van der Waals surface area contributed by atoms with E-state index in [1.807, 2.05) is 29.5 Å². The van der Waals surface area contributed by atoms with Crippen LogP contribution in [0.2, 0.25) is 5.02 Å². The summed E-state index contributed by atoms with van der Waals surface area (Å²) in [5.41, 5.74) is 5.71. The van der Waals surface area contributed by atoms with Gasteiger partial charge in [0.2, 0.25) is 0 Å². The Bertz CT molecular complexity index is 570. The van der Waals surface area contributed by atoms with Crippen LogP contribution in [0.25, 0.3) is 0 Å². The molecule has 0 spiro atoms. The second-order valence-electron chi connectivity index (χ2n) is 5.36. The smallest absolute Gasteiger partial charge is 0.0593 e. The Kier molecular flexibility index (Phi) is 4.41. The van der Waals surface area contributed by atoms with Gasteiger partial charge in [0.15, 0.2) is 0 Å². The maximum absolute atomic E-state index is 6.05.